The number of benzene rings is 2. The van der Waals surface area contributed by atoms with Crippen LogP contribution in [-0.2, 0) is 0 Å². The van der Waals surface area contributed by atoms with E-state index < -0.39 is 23.2 Å². The molecule has 0 aliphatic heterocycles. The van der Waals surface area contributed by atoms with Crippen LogP contribution in [0.1, 0.15) is 16.1 Å². The molecule has 3 nitrogen and oxygen atoms in total. The number of carbonyl (C=O) groups excluding carboxylic acids is 1. The van der Waals surface area contributed by atoms with Gasteiger partial charge in [0, 0.05) is 6.07 Å². The van der Waals surface area contributed by atoms with E-state index in [1.165, 1.54) is 17.0 Å². The van der Waals surface area contributed by atoms with Crippen molar-refractivity contribution >= 4 is 29.0 Å². The van der Waals surface area contributed by atoms with Crippen LogP contribution in [0, 0.1) is 17.5 Å². The second-order valence-electron chi connectivity index (χ2n) is 4.80. The van der Waals surface area contributed by atoms with Crippen LogP contribution < -0.4 is 0 Å². The first-order valence-electron chi connectivity index (χ1n) is 6.56. The lowest BCUT2D eigenvalue weighted by Gasteiger charge is -2.10. The highest BCUT2D eigenvalue weighted by Crippen LogP contribution is 2.28. The van der Waals surface area contributed by atoms with Gasteiger partial charge in [0.2, 0.25) is 5.78 Å². The third kappa shape index (κ3) is 2.90. The molecule has 0 spiro atoms. The summed E-state index contributed by atoms with van der Waals surface area (Å²) < 4.78 is 41.3. The number of halogens is 5. The molecule has 0 unspecified atom stereocenters. The molecule has 0 bridgehead atoms. The van der Waals surface area contributed by atoms with Gasteiger partial charge in [-0.1, -0.05) is 23.2 Å². The fraction of sp³-hybridized carbons (Fsp3) is 0. The molecule has 0 atom stereocenters. The molecule has 3 aromatic rings. The summed E-state index contributed by atoms with van der Waals surface area (Å²) in [4.78, 5) is 16.4. The first-order chi connectivity index (χ1) is 11.4. The summed E-state index contributed by atoms with van der Waals surface area (Å²) in [6.07, 6.45) is 1.20. The van der Waals surface area contributed by atoms with Crippen molar-refractivity contribution in [2.24, 2.45) is 0 Å². The molecule has 0 saturated heterocycles. The van der Waals surface area contributed by atoms with Crippen LogP contribution in [0.2, 0.25) is 10.2 Å². The smallest absolute Gasteiger partial charge is 0.215 e. The number of hydrogen-bond donors (Lipinski definition) is 0. The summed E-state index contributed by atoms with van der Waals surface area (Å²) in [5, 5.41) is -0.179. The average Bonchev–Trinajstić information content (AvgIpc) is 2.88. The van der Waals surface area contributed by atoms with Crippen LogP contribution in [0.5, 0.6) is 0 Å². The van der Waals surface area contributed by atoms with Gasteiger partial charge >= 0.3 is 0 Å². The molecule has 0 aliphatic rings. The van der Waals surface area contributed by atoms with E-state index in [2.05, 4.69) is 4.98 Å². The SMILES string of the molecule is O=C(c1ccc(F)cc1F)c1c(Cl)ncn1-c1ccc(F)cc1Cl. The summed E-state index contributed by atoms with van der Waals surface area (Å²) >= 11 is 11.9. The van der Waals surface area contributed by atoms with E-state index in [4.69, 9.17) is 23.2 Å². The topological polar surface area (TPSA) is 34.9 Å². The Morgan fingerprint density at radius 1 is 1.00 bits per heavy atom. The molecule has 1 heterocycles. The van der Waals surface area contributed by atoms with Gasteiger partial charge in [-0.05, 0) is 30.3 Å². The molecule has 0 radical (unpaired) electrons. The van der Waals surface area contributed by atoms with Crippen LogP contribution in [0.3, 0.4) is 0 Å². The van der Waals surface area contributed by atoms with Crippen molar-refractivity contribution in [3.05, 3.63) is 81.6 Å². The van der Waals surface area contributed by atoms with E-state index >= 15 is 0 Å². The molecule has 24 heavy (non-hydrogen) atoms. The molecule has 2 aromatic carbocycles. The predicted octanol–water partition coefficient (Wildman–Crippen LogP) is 4.83. The highest BCUT2D eigenvalue weighted by Gasteiger charge is 2.24. The number of nitrogens with zero attached hydrogens (tertiary/aromatic N) is 2. The zero-order valence-electron chi connectivity index (χ0n) is 11.7. The molecule has 3 rings (SSSR count). The van der Waals surface area contributed by atoms with Crippen molar-refractivity contribution in [3.63, 3.8) is 0 Å². The maximum absolute atomic E-state index is 13.9. The number of ketones is 1. The van der Waals surface area contributed by atoms with Crippen molar-refractivity contribution < 1.29 is 18.0 Å². The van der Waals surface area contributed by atoms with Crippen LogP contribution in [-0.4, -0.2) is 15.3 Å². The standard InChI is InChI=1S/C16H7Cl2F3N2O/c17-11-5-8(19)2-4-13(11)23-7-22-16(18)14(23)15(24)10-3-1-9(20)6-12(10)21/h1-7H. The van der Waals surface area contributed by atoms with Crippen molar-refractivity contribution in [1.29, 1.82) is 0 Å². The minimum Gasteiger partial charge on any atom is -0.293 e. The normalized spacial score (nSPS) is 10.9. The van der Waals surface area contributed by atoms with Crippen LogP contribution >= 0.6 is 23.2 Å². The number of aromatic nitrogens is 2. The van der Waals surface area contributed by atoms with E-state index in [0.717, 1.165) is 24.3 Å². The number of carbonyl (C=O) groups is 1. The molecule has 1 aromatic heterocycles. The quantitative estimate of drug-likeness (QED) is 0.619. The monoisotopic (exact) mass is 370 g/mol. The molecule has 0 saturated carbocycles. The minimum atomic E-state index is -1.03. The van der Waals surface area contributed by atoms with Gasteiger partial charge in [0.05, 0.1) is 16.3 Å². The van der Waals surface area contributed by atoms with Gasteiger partial charge in [-0.25, -0.2) is 18.2 Å². The first-order valence-corrected chi connectivity index (χ1v) is 7.32. The van der Waals surface area contributed by atoms with E-state index in [1.807, 2.05) is 0 Å². The van der Waals surface area contributed by atoms with Gasteiger partial charge in [0.15, 0.2) is 5.15 Å². The first kappa shape index (κ1) is 16.5. The molecule has 0 aliphatic carbocycles. The highest BCUT2D eigenvalue weighted by molar-refractivity contribution is 6.34. The summed E-state index contributed by atoms with van der Waals surface area (Å²) in [5.74, 6) is -3.22. The molecule has 8 heteroatoms. The third-order valence-corrected chi connectivity index (χ3v) is 3.86. The molecular formula is C16H7Cl2F3N2O. The van der Waals surface area contributed by atoms with Crippen molar-refractivity contribution in [1.82, 2.24) is 9.55 Å². The van der Waals surface area contributed by atoms with Gasteiger partial charge < -0.3 is 0 Å². The van der Waals surface area contributed by atoms with Gasteiger partial charge in [0.25, 0.3) is 0 Å². The van der Waals surface area contributed by atoms with Crippen LogP contribution in [0.15, 0.2) is 42.7 Å². The summed E-state index contributed by atoms with van der Waals surface area (Å²) in [5.41, 5.74) is -0.308. The van der Waals surface area contributed by atoms with Crippen LogP contribution in [0.25, 0.3) is 5.69 Å². The fourth-order valence-electron chi connectivity index (χ4n) is 2.19. The Morgan fingerprint density at radius 3 is 2.33 bits per heavy atom. The Hall–Kier alpha value is -2.31. The third-order valence-electron chi connectivity index (χ3n) is 3.28. The Kier molecular flexibility index (Phi) is 4.34. The Labute approximate surface area is 144 Å². The van der Waals surface area contributed by atoms with Gasteiger partial charge in [-0.2, -0.15) is 0 Å². The highest BCUT2D eigenvalue weighted by atomic mass is 35.5. The largest absolute Gasteiger partial charge is 0.293 e. The molecule has 0 N–H and O–H groups in total. The van der Waals surface area contributed by atoms with Gasteiger partial charge in [-0.15, -0.1) is 0 Å². The van der Waals surface area contributed by atoms with Gasteiger partial charge in [-0.3, -0.25) is 9.36 Å². The van der Waals surface area contributed by atoms with Crippen molar-refractivity contribution in [2.45, 2.75) is 0 Å². The maximum Gasteiger partial charge on any atom is 0.215 e. The Bertz CT molecular complexity index is 956. The molecular weight excluding hydrogens is 364 g/mol. The van der Waals surface area contributed by atoms with Gasteiger partial charge in [0.1, 0.15) is 29.5 Å². The fourth-order valence-corrected chi connectivity index (χ4v) is 2.67. The molecule has 0 fully saturated rings. The second kappa shape index (κ2) is 6.30. The van der Waals surface area contributed by atoms with E-state index in [9.17, 15) is 18.0 Å². The lowest BCUT2D eigenvalue weighted by Crippen LogP contribution is -2.11. The molecule has 122 valence electrons. The zero-order chi connectivity index (χ0) is 17.4. The van der Waals surface area contributed by atoms with Crippen molar-refractivity contribution in [2.75, 3.05) is 0 Å². The summed E-state index contributed by atoms with van der Waals surface area (Å²) in [6.45, 7) is 0. The van der Waals surface area contributed by atoms with E-state index in [1.54, 1.807) is 0 Å². The van der Waals surface area contributed by atoms with E-state index in [-0.39, 0.29) is 27.1 Å². The zero-order valence-corrected chi connectivity index (χ0v) is 13.2. The number of rotatable bonds is 3. The minimum absolute atomic E-state index is 0.0118. The Morgan fingerprint density at radius 2 is 1.67 bits per heavy atom. The summed E-state index contributed by atoms with van der Waals surface area (Å²) in [7, 11) is 0. The van der Waals surface area contributed by atoms with Crippen molar-refractivity contribution in [3.8, 4) is 5.69 Å². The second-order valence-corrected chi connectivity index (χ2v) is 5.57. The lowest BCUT2D eigenvalue weighted by molar-refractivity contribution is 0.102. The maximum atomic E-state index is 13.9. The Balaban J connectivity index is 2.15. The predicted molar refractivity (Wildman–Crippen MR) is 83.3 cm³/mol. The average molecular weight is 371 g/mol. The van der Waals surface area contributed by atoms with E-state index in [0.29, 0.717) is 6.07 Å². The number of hydrogen-bond acceptors (Lipinski definition) is 2. The van der Waals surface area contributed by atoms with Crippen LogP contribution in [0.4, 0.5) is 13.2 Å². The summed E-state index contributed by atoms with van der Waals surface area (Å²) in [6, 6.07) is 6.07. The number of imidazole rings is 1. The lowest BCUT2D eigenvalue weighted by atomic mass is 10.1. The molecule has 0 amide bonds.